The van der Waals surface area contributed by atoms with E-state index >= 15 is 0 Å². The van der Waals surface area contributed by atoms with E-state index < -0.39 is 9.84 Å². The molecule has 0 saturated heterocycles. The Labute approximate surface area is 121 Å². The number of rotatable bonds is 3. The highest BCUT2D eigenvalue weighted by Crippen LogP contribution is 2.25. The first-order valence-corrected chi connectivity index (χ1v) is 7.81. The van der Waals surface area contributed by atoms with Gasteiger partial charge in [-0.25, -0.2) is 8.42 Å². The largest absolute Gasteiger partial charge is 0.399 e. The molecule has 2 N–H and O–H groups in total. The van der Waals surface area contributed by atoms with E-state index in [1.165, 1.54) is 12.1 Å². The summed E-state index contributed by atoms with van der Waals surface area (Å²) in [5, 5.41) is 0.730. The zero-order valence-corrected chi connectivity index (χ0v) is 12.1. The summed E-state index contributed by atoms with van der Waals surface area (Å²) in [5.41, 5.74) is 6.58. The van der Waals surface area contributed by atoms with E-state index in [0.29, 0.717) is 21.3 Å². The highest BCUT2D eigenvalue weighted by molar-refractivity contribution is 7.90. The van der Waals surface area contributed by atoms with Crippen LogP contribution in [0.25, 0.3) is 0 Å². The number of anilines is 1. The number of nitrogens with two attached hydrogens (primary N) is 1. The molecule has 0 fully saturated rings. The lowest BCUT2D eigenvalue weighted by Gasteiger charge is -2.06. The van der Waals surface area contributed by atoms with Crippen molar-refractivity contribution in [2.75, 3.05) is 5.73 Å². The first-order valence-electron chi connectivity index (χ1n) is 5.41. The van der Waals surface area contributed by atoms with Crippen LogP contribution in [-0.2, 0) is 15.6 Å². The van der Waals surface area contributed by atoms with Crippen molar-refractivity contribution < 1.29 is 8.42 Å². The van der Waals surface area contributed by atoms with Crippen LogP contribution in [0.4, 0.5) is 5.69 Å². The molecule has 0 unspecified atom stereocenters. The summed E-state index contributed by atoms with van der Waals surface area (Å²) in [4.78, 5) is 0.193. The Kier molecular flexibility index (Phi) is 4.04. The number of hydrogen-bond acceptors (Lipinski definition) is 3. The van der Waals surface area contributed by atoms with Gasteiger partial charge >= 0.3 is 0 Å². The van der Waals surface area contributed by atoms with Crippen molar-refractivity contribution >= 4 is 38.7 Å². The zero-order chi connectivity index (χ0) is 14.0. The average molecular weight is 316 g/mol. The second kappa shape index (κ2) is 5.41. The fraction of sp³-hybridized carbons (Fsp3) is 0.0769. The molecule has 0 aliphatic heterocycles. The van der Waals surface area contributed by atoms with Crippen LogP contribution in [0.3, 0.4) is 0 Å². The molecule has 100 valence electrons. The summed E-state index contributed by atoms with van der Waals surface area (Å²) >= 11 is 11.7. The maximum absolute atomic E-state index is 12.2. The third-order valence-electron chi connectivity index (χ3n) is 2.56. The number of nitrogen functional groups attached to an aromatic ring is 1. The lowest BCUT2D eigenvalue weighted by molar-refractivity contribution is 0.595. The number of benzene rings is 2. The standard InChI is InChI=1S/C13H11Cl2NO2S/c14-12-5-4-9(6-13(12)15)8-19(17,18)11-3-1-2-10(16)7-11/h1-7H,8,16H2. The summed E-state index contributed by atoms with van der Waals surface area (Å²) < 4.78 is 24.4. The number of halogens is 2. The minimum Gasteiger partial charge on any atom is -0.399 e. The molecule has 2 rings (SSSR count). The Balaban J connectivity index is 2.33. The van der Waals surface area contributed by atoms with Gasteiger partial charge in [0.2, 0.25) is 0 Å². The minimum absolute atomic E-state index is 0.145. The van der Waals surface area contributed by atoms with E-state index in [1.807, 2.05) is 0 Å². The molecule has 0 aliphatic rings. The van der Waals surface area contributed by atoms with Gasteiger partial charge in [-0.2, -0.15) is 0 Å². The van der Waals surface area contributed by atoms with Gasteiger partial charge in [-0.3, -0.25) is 0 Å². The molecule has 0 aliphatic carbocycles. The highest BCUT2D eigenvalue weighted by Gasteiger charge is 2.16. The van der Waals surface area contributed by atoms with Crippen molar-refractivity contribution in [1.82, 2.24) is 0 Å². The van der Waals surface area contributed by atoms with Gasteiger partial charge in [-0.1, -0.05) is 35.3 Å². The van der Waals surface area contributed by atoms with Crippen molar-refractivity contribution in [3.05, 3.63) is 58.1 Å². The van der Waals surface area contributed by atoms with Gasteiger partial charge in [0, 0.05) is 5.69 Å². The van der Waals surface area contributed by atoms with Crippen LogP contribution in [0.5, 0.6) is 0 Å². The summed E-state index contributed by atoms with van der Waals surface area (Å²) in [5.74, 6) is -0.145. The number of hydrogen-bond donors (Lipinski definition) is 1. The van der Waals surface area contributed by atoms with Gasteiger partial charge in [0.25, 0.3) is 0 Å². The van der Waals surface area contributed by atoms with Crippen LogP contribution < -0.4 is 5.73 Å². The summed E-state index contributed by atoms with van der Waals surface area (Å²) in [6.45, 7) is 0. The molecular formula is C13H11Cl2NO2S. The second-order valence-electron chi connectivity index (χ2n) is 4.08. The van der Waals surface area contributed by atoms with E-state index in [2.05, 4.69) is 0 Å². The van der Waals surface area contributed by atoms with E-state index in [9.17, 15) is 8.42 Å². The molecule has 19 heavy (non-hydrogen) atoms. The Hall–Kier alpha value is -1.23. The van der Waals surface area contributed by atoms with E-state index in [0.717, 1.165) is 0 Å². The van der Waals surface area contributed by atoms with Crippen LogP contribution in [0.15, 0.2) is 47.4 Å². The Morgan fingerprint density at radius 3 is 2.37 bits per heavy atom. The predicted octanol–water partition coefficient (Wildman–Crippen LogP) is 3.55. The third kappa shape index (κ3) is 3.41. The normalized spacial score (nSPS) is 11.5. The van der Waals surface area contributed by atoms with Crippen LogP contribution >= 0.6 is 23.2 Å². The average Bonchev–Trinajstić information content (AvgIpc) is 2.33. The van der Waals surface area contributed by atoms with Crippen LogP contribution in [-0.4, -0.2) is 8.42 Å². The van der Waals surface area contributed by atoms with E-state index in [-0.39, 0.29) is 10.6 Å². The van der Waals surface area contributed by atoms with Crippen molar-refractivity contribution in [3.63, 3.8) is 0 Å². The molecule has 0 radical (unpaired) electrons. The topological polar surface area (TPSA) is 60.2 Å². The Bertz CT molecular complexity index is 714. The quantitative estimate of drug-likeness (QED) is 0.881. The molecule has 0 aromatic heterocycles. The van der Waals surface area contributed by atoms with E-state index in [4.69, 9.17) is 28.9 Å². The van der Waals surface area contributed by atoms with Crippen LogP contribution in [0.1, 0.15) is 5.56 Å². The maximum Gasteiger partial charge on any atom is 0.182 e. The molecule has 0 heterocycles. The Morgan fingerprint density at radius 2 is 1.74 bits per heavy atom. The van der Waals surface area contributed by atoms with Crippen molar-refractivity contribution in [3.8, 4) is 0 Å². The molecule has 2 aromatic rings. The van der Waals surface area contributed by atoms with Crippen LogP contribution in [0.2, 0.25) is 10.0 Å². The van der Waals surface area contributed by atoms with Gasteiger partial charge in [0.05, 0.1) is 20.7 Å². The van der Waals surface area contributed by atoms with Crippen molar-refractivity contribution in [2.24, 2.45) is 0 Å². The molecule has 0 amide bonds. The van der Waals surface area contributed by atoms with Crippen molar-refractivity contribution in [1.29, 1.82) is 0 Å². The SMILES string of the molecule is Nc1cccc(S(=O)(=O)Cc2ccc(Cl)c(Cl)c2)c1. The van der Waals surface area contributed by atoms with Gasteiger partial charge in [-0.15, -0.1) is 0 Å². The first-order chi connectivity index (χ1) is 8.88. The van der Waals surface area contributed by atoms with Gasteiger partial charge in [0.1, 0.15) is 0 Å². The third-order valence-corrected chi connectivity index (χ3v) is 4.98. The monoisotopic (exact) mass is 315 g/mol. The van der Waals surface area contributed by atoms with Crippen molar-refractivity contribution in [2.45, 2.75) is 10.6 Å². The molecular weight excluding hydrogens is 305 g/mol. The first kappa shape index (κ1) is 14.2. The highest BCUT2D eigenvalue weighted by atomic mass is 35.5. The predicted molar refractivity (Wildman–Crippen MR) is 78.2 cm³/mol. The summed E-state index contributed by atoms with van der Waals surface area (Å²) in [6, 6.07) is 11.0. The molecule has 0 saturated carbocycles. The summed E-state index contributed by atoms with van der Waals surface area (Å²) in [6.07, 6.45) is 0. The van der Waals surface area contributed by atoms with Gasteiger partial charge in [-0.05, 0) is 35.9 Å². The molecule has 6 heteroatoms. The Morgan fingerprint density at radius 1 is 1.00 bits per heavy atom. The second-order valence-corrected chi connectivity index (χ2v) is 6.88. The molecule has 0 bridgehead atoms. The molecule has 3 nitrogen and oxygen atoms in total. The lowest BCUT2D eigenvalue weighted by atomic mass is 10.2. The van der Waals surface area contributed by atoms with Gasteiger partial charge < -0.3 is 5.73 Å². The van der Waals surface area contributed by atoms with Crippen LogP contribution in [0, 0.1) is 0 Å². The fourth-order valence-electron chi connectivity index (χ4n) is 1.64. The fourth-order valence-corrected chi connectivity index (χ4v) is 3.35. The summed E-state index contributed by atoms with van der Waals surface area (Å²) in [7, 11) is -3.45. The van der Waals surface area contributed by atoms with Gasteiger partial charge in [0.15, 0.2) is 9.84 Å². The molecule has 0 spiro atoms. The lowest BCUT2D eigenvalue weighted by Crippen LogP contribution is -2.05. The molecule has 2 aromatic carbocycles. The van der Waals surface area contributed by atoms with E-state index in [1.54, 1.807) is 30.3 Å². The zero-order valence-electron chi connectivity index (χ0n) is 9.81. The maximum atomic E-state index is 12.2. The minimum atomic E-state index is -3.45. The smallest absolute Gasteiger partial charge is 0.182 e. The molecule has 0 atom stereocenters. The number of sulfone groups is 1.